The zero-order chi connectivity index (χ0) is 24.9. The number of piperidine rings is 2. The van der Waals surface area contributed by atoms with Crippen LogP contribution in [0.4, 0.5) is 5.69 Å². The highest BCUT2D eigenvalue weighted by Crippen LogP contribution is 2.39. The van der Waals surface area contributed by atoms with Gasteiger partial charge in [0.15, 0.2) is 11.5 Å². The van der Waals surface area contributed by atoms with Gasteiger partial charge in [0.05, 0.1) is 38.6 Å². The molecule has 0 aliphatic carbocycles. The molecule has 2 amide bonds. The first kappa shape index (κ1) is 25.1. The van der Waals surface area contributed by atoms with Crippen LogP contribution in [-0.2, 0) is 4.79 Å². The first-order chi connectivity index (χ1) is 16.9. The number of methoxy groups -OCH3 is 3. The monoisotopic (exact) mass is 501 g/mol. The fraction of sp³-hybridized carbons (Fsp3) is 0.462. The van der Waals surface area contributed by atoms with E-state index in [1.807, 2.05) is 12.1 Å². The van der Waals surface area contributed by atoms with Crippen molar-refractivity contribution in [1.29, 1.82) is 0 Å². The Bertz CT molecular complexity index is 1040. The van der Waals surface area contributed by atoms with Crippen LogP contribution in [0.5, 0.6) is 17.2 Å². The van der Waals surface area contributed by atoms with Gasteiger partial charge in [-0.05, 0) is 49.9 Å². The van der Waals surface area contributed by atoms with Crippen molar-refractivity contribution in [2.45, 2.75) is 50.2 Å². The Kier molecular flexibility index (Phi) is 8.03. The number of rotatable bonds is 8. The lowest BCUT2D eigenvalue weighted by Gasteiger charge is -2.48. The molecule has 35 heavy (non-hydrogen) atoms. The van der Waals surface area contributed by atoms with Crippen molar-refractivity contribution >= 4 is 29.1 Å². The largest absolute Gasteiger partial charge is 0.493 e. The van der Waals surface area contributed by atoms with Gasteiger partial charge in [-0.25, -0.2) is 0 Å². The van der Waals surface area contributed by atoms with Gasteiger partial charge in [-0.3, -0.25) is 14.5 Å². The molecule has 0 aromatic heterocycles. The predicted molar refractivity (Wildman–Crippen MR) is 135 cm³/mol. The van der Waals surface area contributed by atoms with Crippen molar-refractivity contribution in [3.05, 3.63) is 47.0 Å². The van der Waals surface area contributed by atoms with E-state index < -0.39 is 0 Å². The zero-order valence-corrected chi connectivity index (χ0v) is 21.1. The number of nitrogens with one attached hydrogen (secondary N) is 2. The van der Waals surface area contributed by atoms with Gasteiger partial charge in [-0.2, -0.15) is 0 Å². The molecular formula is C26H32ClN3O5. The Hall–Kier alpha value is -2.97. The summed E-state index contributed by atoms with van der Waals surface area (Å²) in [6, 6.07) is 11.1. The quantitative estimate of drug-likeness (QED) is 0.565. The van der Waals surface area contributed by atoms with Gasteiger partial charge in [-0.1, -0.05) is 30.2 Å². The van der Waals surface area contributed by atoms with Gasteiger partial charge in [0.1, 0.15) is 0 Å². The molecular weight excluding hydrogens is 470 g/mol. The van der Waals surface area contributed by atoms with E-state index in [4.69, 9.17) is 25.8 Å². The first-order valence-electron chi connectivity index (χ1n) is 11.8. The van der Waals surface area contributed by atoms with Crippen LogP contribution >= 0.6 is 11.6 Å². The van der Waals surface area contributed by atoms with Crippen molar-refractivity contribution in [2.75, 3.05) is 33.2 Å². The smallest absolute Gasteiger partial charge is 0.251 e. The average Bonchev–Trinajstić information content (AvgIpc) is 2.84. The molecule has 2 bridgehead atoms. The Morgan fingerprint density at radius 2 is 1.63 bits per heavy atom. The van der Waals surface area contributed by atoms with Crippen molar-refractivity contribution in [3.63, 3.8) is 0 Å². The predicted octanol–water partition coefficient (Wildman–Crippen LogP) is 4.12. The van der Waals surface area contributed by atoms with E-state index in [2.05, 4.69) is 15.5 Å². The van der Waals surface area contributed by atoms with Crippen LogP contribution in [0.1, 0.15) is 42.5 Å². The molecule has 9 heteroatoms. The number of nitrogens with zero attached hydrogens (tertiary/aromatic N) is 1. The van der Waals surface area contributed by atoms with Crippen LogP contribution in [0.15, 0.2) is 36.4 Å². The number of ether oxygens (including phenoxy) is 3. The van der Waals surface area contributed by atoms with Gasteiger partial charge in [0.25, 0.3) is 5.91 Å². The van der Waals surface area contributed by atoms with Crippen LogP contribution in [0.25, 0.3) is 0 Å². The second kappa shape index (κ2) is 11.2. The van der Waals surface area contributed by atoms with Crippen LogP contribution in [0, 0.1) is 0 Å². The van der Waals surface area contributed by atoms with Crippen LogP contribution in [-0.4, -0.2) is 62.7 Å². The van der Waals surface area contributed by atoms with Gasteiger partial charge in [0, 0.05) is 23.7 Å². The maximum absolute atomic E-state index is 13.1. The minimum Gasteiger partial charge on any atom is -0.493 e. The van der Waals surface area contributed by atoms with E-state index in [9.17, 15) is 9.59 Å². The summed E-state index contributed by atoms with van der Waals surface area (Å²) in [4.78, 5) is 28.2. The first-order valence-corrected chi connectivity index (χ1v) is 12.2. The zero-order valence-electron chi connectivity index (χ0n) is 20.3. The highest BCUT2D eigenvalue weighted by Gasteiger charge is 2.39. The van der Waals surface area contributed by atoms with Crippen LogP contribution < -0.4 is 24.8 Å². The van der Waals surface area contributed by atoms with Crippen LogP contribution in [0.2, 0.25) is 5.02 Å². The molecule has 0 saturated carbocycles. The normalized spacial score (nSPS) is 21.7. The maximum atomic E-state index is 13.1. The van der Waals surface area contributed by atoms with E-state index >= 15 is 0 Å². The van der Waals surface area contributed by atoms with Crippen molar-refractivity contribution in [1.82, 2.24) is 10.2 Å². The molecule has 2 aromatic rings. The number of carbonyl (C=O) groups excluding carboxylic acids is 2. The van der Waals surface area contributed by atoms with E-state index in [0.717, 1.165) is 32.1 Å². The van der Waals surface area contributed by atoms with Crippen molar-refractivity contribution in [3.8, 4) is 17.2 Å². The number of carbonyl (C=O) groups is 2. The molecule has 188 valence electrons. The molecule has 2 N–H and O–H groups in total. The Morgan fingerprint density at radius 1 is 1.00 bits per heavy atom. The SMILES string of the molecule is COc1cc(C(=O)NC2CC3CCCC(C2)N3CC(=O)Nc2ccccc2Cl)cc(OC)c1OC. The Balaban J connectivity index is 1.41. The second-order valence-electron chi connectivity index (χ2n) is 8.99. The number of hydrogen-bond donors (Lipinski definition) is 2. The summed E-state index contributed by atoms with van der Waals surface area (Å²) in [7, 11) is 4.58. The molecule has 0 radical (unpaired) electrons. The van der Waals surface area contributed by atoms with E-state index in [-0.39, 0.29) is 29.9 Å². The summed E-state index contributed by atoms with van der Waals surface area (Å²) in [6.45, 7) is 0.314. The fourth-order valence-corrected chi connectivity index (χ4v) is 5.44. The number of anilines is 1. The van der Waals surface area contributed by atoms with Gasteiger partial charge in [-0.15, -0.1) is 0 Å². The highest BCUT2D eigenvalue weighted by molar-refractivity contribution is 6.33. The lowest BCUT2D eigenvalue weighted by atomic mass is 9.81. The third-order valence-corrected chi connectivity index (χ3v) is 7.19. The number of hydrogen-bond acceptors (Lipinski definition) is 6. The number of amides is 2. The van der Waals surface area contributed by atoms with Gasteiger partial charge < -0.3 is 24.8 Å². The van der Waals surface area contributed by atoms with Crippen molar-refractivity contribution < 1.29 is 23.8 Å². The van der Waals surface area contributed by atoms with E-state index in [1.54, 1.807) is 24.3 Å². The molecule has 2 atom stereocenters. The molecule has 2 aromatic carbocycles. The number of para-hydroxylation sites is 1. The summed E-state index contributed by atoms with van der Waals surface area (Å²) in [5, 5.41) is 6.64. The van der Waals surface area contributed by atoms with E-state index in [1.165, 1.54) is 21.3 Å². The third kappa shape index (κ3) is 5.65. The summed E-state index contributed by atoms with van der Waals surface area (Å²) in [6.07, 6.45) is 4.74. The van der Waals surface area contributed by atoms with E-state index in [0.29, 0.717) is 40.1 Å². The molecule has 2 aliphatic heterocycles. The summed E-state index contributed by atoms with van der Waals surface area (Å²) >= 11 is 6.19. The fourth-order valence-electron chi connectivity index (χ4n) is 5.25. The average molecular weight is 502 g/mol. The summed E-state index contributed by atoms with van der Waals surface area (Å²) in [5.74, 6) is 1.07. The number of fused-ring (bicyclic) bond motifs is 2. The molecule has 2 saturated heterocycles. The lowest BCUT2D eigenvalue weighted by Crippen LogP contribution is -2.58. The molecule has 2 fully saturated rings. The second-order valence-corrected chi connectivity index (χ2v) is 9.40. The molecule has 0 spiro atoms. The molecule has 8 nitrogen and oxygen atoms in total. The number of benzene rings is 2. The minimum atomic E-state index is -0.183. The molecule has 2 aliphatic rings. The minimum absolute atomic E-state index is 0.0276. The highest BCUT2D eigenvalue weighted by atomic mass is 35.5. The number of halogens is 1. The Morgan fingerprint density at radius 3 is 2.20 bits per heavy atom. The van der Waals surface area contributed by atoms with Crippen molar-refractivity contribution in [2.24, 2.45) is 0 Å². The van der Waals surface area contributed by atoms with Gasteiger partial charge >= 0.3 is 0 Å². The molecule has 4 rings (SSSR count). The molecule has 2 unspecified atom stereocenters. The Labute approximate surface area is 210 Å². The summed E-state index contributed by atoms with van der Waals surface area (Å²) < 4.78 is 16.1. The topological polar surface area (TPSA) is 89.1 Å². The van der Waals surface area contributed by atoms with Crippen LogP contribution in [0.3, 0.4) is 0 Å². The molecule has 2 heterocycles. The maximum Gasteiger partial charge on any atom is 0.251 e. The lowest BCUT2D eigenvalue weighted by molar-refractivity contribution is -0.120. The summed E-state index contributed by atoms with van der Waals surface area (Å²) in [5.41, 5.74) is 1.07. The van der Waals surface area contributed by atoms with Gasteiger partial charge in [0.2, 0.25) is 11.7 Å². The standard InChI is InChI=1S/C26H32ClN3O5/c1-33-22-11-16(12-23(34-2)25(22)35-3)26(32)28-17-13-18-7-6-8-19(14-17)30(18)15-24(31)29-21-10-5-4-9-20(21)27/h4-5,9-12,17-19H,6-8,13-15H2,1-3H3,(H,28,32)(H,29,31). The third-order valence-electron chi connectivity index (χ3n) is 6.86.